The minimum atomic E-state index is -0.739. The molecule has 0 aromatic carbocycles. The van der Waals surface area contributed by atoms with Gasteiger partial charge in [0.15, 0.2) is 0 Å². The SMILES string of the molecule is CC(CCCNc1ncnc2sccc12)C(=O)O. The van der Waals surface area contributed by atoms with E-state index in [0.717, 1.165) is 29.0 Å². The van der Waals surface area contributed by atoms with Gasteiger partial charge in [-0.1, -0.05) is 6.92 Å². The molecule has 0 amide bonds. The summed E-state index contributed by atoms with van der Waals surface area (Å²) < 4.78 is 0. The molecule has 0 aliphatic rings. The molecule has 0 fully saturated rings. The minimum absolute atomic E-state index is 0.293. The second kappa shape index (κ2) is 5.77. The minimum Gasteiger partial charge on any atom is -0.481 e. The van der Waals surface area contributed by atoms with Crippen molar-refractivity contribution in [3.63, 3.8) is 0 Å². The van der Waals surface area contributed by atoms with Crippen LogP contribution in [0.3, 0.4) is 0 Å². The van der Waals surface area contributed by atoms with Crippen molar-refractivity contribution in [2.45, 2.75) is 19.8 Å². The fourth-order valence-corrected chi connectivity index (χ4v) is 2.40. The lowest BCUT2D eigenvalue weighted by atomic mass is 10.1. The Hall–Kier alpha value is -1.69. The van der Waals surface area contributed by atoms with Crippen LogP contribution in [0.2, 0.25) is 0 Å². The van der Waals surface area contributed by atoms with Crippen LogP contribution in [-0.4, -0.2) is 27.6 Å². The molecule has 2 aromatic heterocycles. The van der Waals surface area contributed by atoms with E-state index in [4.69, 9.17) is 5.11 Å². The number of carboxylic acid groups (broad SMARTS) is 1. The third kappa shape index (κ3) is 2.95. The van der Waals surface area contributed by atoms with Gasteiger partial charge in [0.25, 0.3) is 0 Å². The molecule has 2 aromatic rings. The number of rotatable bonds is 6. The molecule has 1 atom stereocenters. The van der Waals surface area contributed by atoms with Crippen LogP contribution in [0.25, 0.3) is 10.2 Å². The average Bonchev–Trinajstić information content (AvgIpc) is 2.83. The van der Waals surface area contributed by atoms with E-state index in [1.807, 2.05) is 11.4 Å². The van der Waals surface area contributed by atoms with Gasteiger partial charge in [0, 0.05) is 6.54 Å². The largest absolute Gasteiger partial charge is 0.481 e. The number of thiophene rings is 1. The number of hydrogen-bond donors (Lipinski definition) is 2. The summed E-state index contributed by atoms with van der Waals surface area (Å²) in [6.45, 7) is 2.45. The van der Waals surface area contributed by atoms with E-state index >= 15 is 0 Å². The maximum atomic E-state index is 10.7. The molecule has 0 spiro atoms. The van der Waals surface area contributed by atoms with Crippen molar-refractivity contribution in [3.05, 3.63) is 17.8 Å². The second-order valence-electron chi connectivity index (χ2n) is 4.17. The van der Waals surface area contributed by atoms with E-state index in [0.29, 0.717) is 6.42 Å². The molecule has 0 saturated heterocycles. The zero-order valence-electron chi connectivity index (χ0n) is 10.1. The summed E-state index contributed by atoms with van der Waals surface area (Å²) in [5.41, 5.74) is 0. The molecule has 18 heavy (non-hydrogen) atoms. The molecule has 2 rings (SSSR count). The average molecular weight is 265 g/mol. The highest BCUT2D eigenvalue weighted by Gasteiger charge is 2.10. The molecule has 0 radical (unpaired) electrons. The van der Waals surface area contributed by atoms with Gasteiger partial charge in [-0.15, -0.1) is 11.3 Å². The van der Waals surface area contributed by atoms with E-state index in [2.05, 4.69) is 15.3 Å². The monoisotopic (exact) mass is 265 g/mol. The van der Waals surface area contributed by atoms with Gasteiger partial charge < -0.3 is 10.4 Å². The molecule has 6 heteroatoms. The van der Waals surface area contributed by atoms with E-state index in [1.165, 1.54) is 0 Å². The maximum absolute atomic E-state index is 10.7. The first-order valence-corrected chi connectivity index (χ1v) is 6.71. The number of aromatic nitrogens is 2. The number of aliphatic carboxylic acids is 1. The predicted molar refractivity (Wildman–Crippen MR) is 71.9 cm³/mol. The lowest BCUT2D eigenvalue weighted by molar-refractivity contribution is -0.141. The molecule has 0 bridgehead atoms. The topological polar surface area (TPSA) is 75.1 Å². The van der Waals surface area contributed by atoms with Crippen LogP contribution in [0, 0.1) is 5.92 Å². The van der Waals surface area contributed by atoms with Gasteiger partial charge in [0.05, 0.1) is 11.3 Å². The Morgan fingerprint density at radius 1 is 1.56 bits per heavy atom. The summed E-state index contributed by atoms with van der Waals surface area (Å²) in [4.78, 5) is 20.0. The van der Waals surface area contributed by atoms with Crippen molar-refractivity contribution in [2.24, 2.45) is 5.92 Å². The summed E-state index contributed by atoms with van der Waals surface area (Å²) in [5, 5.41) is 15.0. The Morgan fingerprint density at radius 3 is 3.17 bits per heavy atom. The van der Waals surface area contributed by atoms with Crippen molar-refractivity contribution in [1.82, 2.24) is 9.97 Å². The van der Waals surface area contributed by atoms with Gasteiger partial charge in [-0.25, -0.2) is 9.97 Å². The van der Waals surface area contributed by atoms with Gasteiger partial charge in [0.2, 0.25) is 0 Å². The quantitative estimate of drug-likeness (QED) is 0.785. The van der Waals surface area contributed by atoms with E-state index in [-0.39, 0.29) is 5.92 Å². The molecule has 1 unspecified atom stereocenters. The third-order valence-electron chi connectivity index (χ3n) is 2.79. The molecular weight excluding hydrogens is 250 g/mol. The standard InChI is InChI=1S/C12H15N3O2S/c1-8(12(16)17)3-2-5-13-10-9-4-6-18-11(9)15-7-14-10/h4,6-8H,2-3,5H2,1H3,(H,16,17)(H,13,14,15). The number of carbonyl (C=O) groups is 1. The molecular formula is C12H15N3O2S. The summed E-state index contributed by atoms with van der Waals surface area (Å²) in [5.74, 6) is -0.208. The van der Waals surface area contributed by atoms with Gasteiger partial charge in [-0.2, -0.15) is 0 Å². The molecule has 0 saturated carbocycles. The Kier molecular flexibility index (Phi) is 4.09. The third-order valence-corrected chi connectivity index (χ3v) is 3.61. The van der Waals surface area contributed by atoms with Crippen LogP contribution in [0.15, 0.2) is 17.8 Å². The van der Waals surface area contributed by atoms with Crippen molar-refractivity contribution in [1.29, 1.82) is 0 Å². The maximum Gasteiger partial charge on any atom is 0.306 e. The summed E-state index contributed by atoms with van der Waals surface area (Å²) >= 11 is 1.58. The highest BCUT2D eigenvalue weighted by Crippen LogP contribution is 2.23. The van der Waals surface area contributed by atoms with Crippen LogP contribution in [0.5, 0.6) is 0 Å². The zero-order chi connectivity index (χ0) is 13.0. The molecule has 96 valence electrons. The summed E-state index contributed by atoms with van der Waals surface area (Å²) in [7, 11) is 0. The van der Waals surface area contributed by atoms with E-state index in [9.17, 15) is 4.79 Å². The first kappa shape index (κ1) is 12.8. The van der Waals surface area contributed by atoms with Crippen LogP contribution in [0.4, 0.5) is 5.82 Å². The molecule has 2 heterocycles. The highest BCUT2D eigenvalue weighted by molar-refractivity contribution is 7.16. The van der Waals surface area contributed by atoms with Gasteiger partial charge in [-0.05, 0) is 24.3 Å². The van der Waals surface area contributed by atoms with Crippen LogP contribution in [0.1, 0.15) is 19.8 Å². The Bertz CT molecular complexity index is 541. The number of nitrogens with zero attached hydrogens (tertiary/aromatic N) is 2. The Balaban J connectivity index is 1.87. The Morgan fingerprint density at radius 2 is 2.39 bits per heavy atom. The van der Waals surface area contributed by atoms with E-state index in [1.54, 1.807) is 24.6 Å². The molecule has 2 N–H and O–H groups in total. The smallest absolute Gasteiger partial charge is 0.306 e. The van der Waals surface area contributed by atoms with Gasteiger partial charge >= 0.3 is 5.97 Å². The molecule has 0 aliphatic carbocycles. The van der Waals surface area contributed by atoms with Crippen LogP contribution >= 0.6 is 11.3 Å². The lowest BCUT2D eigenvalue weighted by Crippen LogP contribution is -2.12. The van der Waals surface area contributed by atoms with Crippen LogP contribution in [-0.2, 0) is 4.79 Å². The predicted octanol–water partition coefficient (Wildman–Crippen LogP) is 2.60. The van der Waals surface area contributed by atoms with Crippen molar-refractivity contribution in [2.75, 3.05) is 11.9 Å². The molecule has 5 nitrogen and oxygen atoms in total. The van der Waals surface area contributed by atoms with Crippen LogP contribution < -0.4 is 5.32 Å². The highest BCUT2D eigenvalue weighted by atomic mass is 32.1. The van der Waals surface area contributed by atoms with Gasteiger partial charge in [-0.3, -0.25) is 4.79 Å². The first-order valence-electron chi connectivity index (χ1n) is 5.83. The number of carboxylic acids is 1. The fraction of sp³-hybridized carbons (Fsp3) is 0.417. The van der Waals surface area contributed by atoms with Crippen molar-refractivity contribution in [3.8, 4) is 0 Å². The van der Waals surface area contributed by atoms with E-state index < -0.39 is 5.97 Å². The number of nitrogens with one attached hydrogen (secondary N) is 1. The number of hydrogen-bond acceptors (Lipinski definition) is 5. The Labute approximate surface area is 109 Å². The second-order valence-corrected chi connectivity index (χ2v) is 5.06. The number of fused-ring (bicyclic) bond motifs is 1. The fourth-order valence-electron chi connectivity index (χ4n) is 1.67. The summed E-state index contributed by atoms with van der Waals surface area (Å²) in [6.07, 6.45) is 3.02. The van der Waals surface area contributed by atoms with Crippen molar-refractivity contribution >= 4 is 33.3 Å². The van der Waals surface area contributed by atoms with Crippen molar-refractivity contribution < 1.29 is 9.90 Å². The lowest BCUT2D eigenvalue weighted by Gasteiger charge is -2.08. The number of anilines is 1. The first-order chi connectivity index (χ1) is 8.68. The summed E-state index contributed by atoms with van der Waals surface area (Å²) in [6, 6.07) is 1.99. The normalized spacial score (nSPS) is 12.5. The van der Waals surface area contributed by atoms with Gasteiger partial charge in [0.1, 0.15) is 17.0 Å². The molecule has 0 aliphatic heterocycles. The zero-order valence-corrected chi connectivity index (χ0v) is 10.9.